The fraction of sp³-hybridized carbons (Fsp3) is 0.143. The van der Waals surface area contributed by atoms with Gasteiger partial charge in [0.15, 0.2) is 0 Å². The number of allylic oxidation sites excluding steroid dienone is 1. The maximum absolute atomic E-state index is 11.8. The van der Waals surface area contributed by atoms with Crippen LogP contribution in [0.15, 0.2) is 66.2 Å². The molecule has 0 fully saturated rings. The van der Waals surface area contributed by atoms with Gasteiger partial charge in [-0.1, -0.05) is 60.7 Å². The predicted octanol–water partition coefficient (Wildman–Crippen LogP) is 4.61. The molecule has 3 heteroatoms. The summed E-state index contributed by atoms with van der Waals surface area (Å²) in [6, 6.07) is 19.3. The highest BCUT2D eigenvalue weighted by molar-refractivity contribution is 5.77. The molecular formula is C21H19NO2. The summed E-state index contributed by atoms with van der Waals surface area (Å²) in [5.41, 5.74) is 3.20. The van der Waals surface area contributed by atoms with Crippen LogP contribution in [0.2, 0.25) is 0 Å². The number of carbonyl (C=O) groups excluding carboxylic acids is 1. The van der Waals surface area contributed by atoms with Crippen LogP contribution in [0, 0.1) is 11.3 Å². The van der Waals surface area contributed by atoms with Crippen molar-refractivity contribution in [3.63, 3.8) is 0 Å². The number of carbonyl (C=O) groups is 1. The van der Waals surface area contributed by atoms with Gasteiger partial charge < -0.3 is 4.74 Å². The summed E-state index contributed by atoms with van der Waals surface area (Å²) in [6.07, 6.45) is 5.85. The van der Waals surface area contributed by atoms with Crippen LogP contribution in [0.1, 0.15) is 30.0 Å². The van der Waals surface area contributed by atoms with Gasteiger partial charge in [-0.05, 0) is 35.8 Å². The Balaban J connectivity index is 2.32. The Labute approximate surface area is 142 Å². The van der Waals surface area contributed by atoms with Crippen LogP contribution >= 0.6 is 0 Å². The second-order valence-corrected chi connectivity index (χ2v) is 5.14. The van der Waals surface area contributed by atoms with Crippen molar-refractivity contribution in [1.29, 1.82) is 5.26 Å². The minimum absolute atomic E-state index is 0.164. The lowest BCUT2D eigenvalue weighted by Crippen LogP contribution is -2.04. The van der Waals surface area contributed by atoms with Crippen molar-refractivity contribution in [2.75, 3.05) is 6.61 Å². The number of benzene rings is 2. The van der Waals surface area contributed by atoms with Gasteiger partial charge >= 0.3 is 5.97 Å². The Morgan fingerprint density at radius 3 is 2.54 bits per heavy atom. The molecule has 24 heavy (non-hydrogen) atoms. The van der Waals surface area contributed by atoms with Crippen molar-refractivity contribution in [2.24, 2.45) is 0 Å². The highest BCUT2D eigenvalue weighted by atomic mass is 16.5. The number of nitriles is 1. The second kappa shape index (κ2) is 9.12. The normalized spacial score (nSPS) is 11.2. The minimum Gasteiger partial charge on any atom is -0.466 e. The first-order valence-corrected chi connectivity index (χ1v) is 7.81. The number of esters is 1. The zero-order valence-corrected chi connectivity index (χ0v) is 13.6. The van der Waals surface area contributed by atoms with Gasteiger partial charge in [0.05, 0.1) is 24.7 Å². The average Bonchev–Trinajstić information content (AvgIpc) is 2.61. The molecule has 0 aliphatic carbocycles. The minimum atomic E-state index is -0.282. The highest BCUT2D eigenvalue weighted by Crippen LogP contribution is 2.17. The molecule has 0 saturated heterocycles. The Kier molecular flexibility index (Phi) is 6.55. The van der Waals surface area contributed by atoms with Crippen molar-refractivity contribution in [3.05, 3.63) is 82.9 Å². The lowest BCUT2D eigenvalue weighted by atomic mass is 10.0. The Hall–Kier alpha value is -3.12. The molecule has 0 saturated carbocycles. The second-order valence-electron chi connectivity index (χ2n) is 5.14. The monoisotopic (exact) mass is 317 g/mol. The van der Waals surface area contributed by atoms with Gasteiger partial charge in [-0.2, -0.15) is 5.26 Å². The predicted molar refractivity (Wildman–Crippen MR) is 95.9 cm³/mol. The molecule has 0 heterocycles. The first-order chi connectivity index (χ1) is 11.7. The summed E-state index contributed by atoms with van der Waals surface area (Å²) in [5.74, 6) is -0.282. The molecule has 0 radical (unpaired) electrons. The fourth-order valence-electron chi connectivity index (χ4n) is 2.23. The summed E-state index contributed by atoms with van der Waals surface area (Å²) in [5, 5.41) is 9.22. The smallest absolute Gasteiger partial charge is 0.310 e. The SMILES string of the molecule is CCOC(=O)CC(/C=C/c1ccccc1)=C\c1ccccc1C#N. The first-order valence-electron chi connectivity index (χ1n) is 7.81. The van der Waals surface area contributed by atoms with E-state index in [-0.39, 0.29) is 12.4 Å². The molecule has 0 unspecified atom stereocenters. The first kappa shape index (κ1) is 17.2. The molecule has 0 amide bonds. The molecule has 0 aliphatic rings. The van der Waals surface area contributed by atoms with E-state index in [1.807, 2.05) is 66.8 Å². The van der Waals surface area contributed by atoms with Crippen LogP contribution in [0.5, 0.6) is 0 Å². The van der Waals surface area contributed by atoms with Crippen molar-refractivity contribution >= 4 is 18.1 Å². The van der Waals surface area contributed by atoms with E-state index in [1.54, 1.807) is 13.0 Å². The van der Waals surface area contributed by atoms with Crippen LogP contribution in [0.25, 0.3) is 12.2 Å². The third-order valence-electron chi connectivity index (χ3n) is 3.37. The van der Waals surface area contributed by atoms with Gasteiger partial charge in [0.2, 0.25) is 0 Å². The maximum Gasteiger partial charge on any atom is 0.310 e. The van der Waals surface area contributed by atoms with Crippen LogP contribution in [0.3, 0.4) is 0 Å². The van der Waals surface area contributed by atoms with E-state index >= 15 is 0 Å². The summed E-state index contributed by atoms with van der Waals surface area (Å²) >= 11 is 0. The molecule has 3 nitrogen and oxygen atoms in total. The summed E-state index contributed by atoms with van der Waals surface area (Å²) in [4.78, 5) is 11.8. The molecule has 0 N–H and O–H groups in total. The van der Waals surface area contributed by atoms with Gasteiger partial charge in [-0.25, -0.2) is 0 Å². The number of hydrogen-bond acceptors (Lipinski definition) is 3. The zero-order valence-electron chi connectivity index (χ0n) is 13.6. The van der Waals surface area contributed by atoms with Gasteiger partial charge in [0.1, 0.15) is 0 Å². The summed E-state index contributed by atoms with van der Waals surface area (Å²) < 4.78 is 5.04. The van der Waals surface area contributed by atoms with E-state index in [0.717, 1.165) is 16.7 Å². The quantitative estimate of drug-likeness (QED) is 0.577. The van der Waals surface area contributed by atoms with Crippen molar-refractivity contribution in [2.45, 2.75) is 13.3 Å². The topological polar surface area (TPSA) is 50.1 Å². The van der Waals surface area contributed by atoms with E-state index in [4.69, 9.17) is 4.74 Å². The van der Waals surface area contributed by atoms with Gasteiger partial charge in [0, 0.05) is 0 Å². The van der Waals surface area contributed by atoms with Crippen LogP contribution in [0.4, 0.5) is 0 Å². The summed E-state index contributed by atoms with van der Waals surface area (Å²) in [6.45, 7) is 2.13. The molecule has 0 atom stereocenters. The molecule has 0 bridgehead atoms. The lowest BCUT2D eigenvalue weighted by Gasteiger charge is -2.05. The molecule has 0 aliphatic heterocycles. The summed E-state index contributed by atoms with van der Waals surface area (Å²) in [7, 11) is 0. The molecule has 2 aromatic rings. The lowest BCUT2D eigenvalue weighted by molar-refractivity contribution is -0.142. The fourth-order valence-corrected chi connectivity index (χ4v) is 2.23. The number of nitrogens with zero attached hydrogens (tertiary/aromatic N) is 1. The third kappa shape index (κ3) is 5.26. The van der Waals surface area contributed by atoms with E-state index in [9.17, 15) is 10.1 Å². The maximum atomic E-state index is 11.8. The Bertz CT molecular complexity index is 783. The van der Waals surface area contributed by atoms with Crippen molar-refractivity contribution in [1.82, 2.24) is 0 Å². The molecule has 2 rings (SSSR count). The molecule has 0 spiro atoms. The van der Waals surface area contributed by atoms with Crippen molar-refractivity contribution in [3.8, 4) is 6.07 Å². The Morgan fingerprint density at radius 1 is 1.12 bits per heavy atom. The van der Waals surface area contributed by atoms with E-state index < -0.39 is 0 Å². The zero-order chi connectivity index (χ0) is 17.2. The van der Waals surface area contributed by atoms with E-state index in [2.05, 4.69) is 6.07 Å². The largest absolute Gasteiger partial charge is 0.466 e. The average molecular weight is 317 g/mol. The van der Waals surface area contributed by atoms with Gasteiger partial charge in [0.25, 0.3) is 0 Å². The molecule has 2 aromatic carbocycles. The number of rotatable bonds is 6. The molecule has 120 valence electrons. The van der Waals surface area contributed by atoms with Gasteiger partial charge in [-0.3, -0.25) is 4.79 Å². The van der Waals surface area contributed by atoms with E-state index in [0.29, 0.717) is 12.2 Å². The van der Waals surface area contributed by atoms with E-state index in [1.165, 1.54) is 0 Å². The van der Waals surface area contributed by atoms with Crippen LogP contribution in [-0.4, -0.2) is 12.6 Å². The van der Waals surface area contributed by atoms with Crippen LogP contribution in [-0.2, 0) is 9.53 Å². The number of ether oxygens (including phenoxy) is 1. The standard InChI is InChI=1S/C21H19NO2/c1-2-24-21(23)15-18(13-12-17-8-4-3-5-9-17)14-19-10-6-7-11-20(19)16-22/h3-14H,2,15H2,1H3/b13-12+,18-14-. The third-order valence-corrected chi connectivity index (χ3v) is 3.37. The van der Waals surface area contributed by atoms with Gasteiger partial charge in [-0.15, -0.1) is 0 Å². The molecule has 0 aromatic heterocycles. The highest BCUT2D eigenvalue weighted by Gasteiger charge is 2.06. The Morgan fingerprint density at radius 2 is 1.83 bits per heavy atom. The number of hydrogen-bond donors (Lipinski definition) is 0. The van der Waals surface area contributed by atoms with Crippen molar-refractivity contribution < 1.29 is 9.53 Å². The van der Waals surface area contributed by atoms with Crippen LogP contribution < -0.4 is 0 Å². The molecular weight excluding hydrogens is 298 g/mol.